The molecular weight excluding hydrogens is 176 g/mol. The molecule has 2 bridgehead atoms. The molecule has 0 aromatic rings. The predicted molar refractivity (Wildman–Crippen MR) is 56.0 cm³/mol. The summed E-state index contributed by atoms with van der Waals surface area (Å²) in [6.45, 7) is 16.3. The van der Waals surface area contributed by atoms with E-state index >= 15 is 0 Å². The maximum atomic E-state index is 5.83. The topological polar surface area (TPSA) is 18.5 Å². The Kier molecular flexibility index (Phi) is 1.81. The van der Waals surface area contributed by atoms with Crippen molar-refractivity contribution in [3.63, 3.8) is 0 Å². The van der Waals surface area contributed by atoms with Gasteiger partial charge >= 0.3 is 0 Å². The van der Waals surface area contributed by atoms with Crippen LogP contribution in [-0.4, -0.2) is 25.4 Å². The Labute approximate surface area is 84.2 Å². The maximum absolute atomic E-state index is 5.83. The number of ether oxygens (including phenoxy) is 2. The van der Waals surface area contributed by atoms with Gasteiger partial charge in [-0.25, -0.2) is 0 Å². The molecule has 2 fully saturated rings. The third-order valence-electron chi connectivity index (χ3n) is 3.05. The summed E-state index contributed by atoms with van der Waals surface area (Å²) < 4.78 is 11.0. The third-order valence-corrected chi connectivity index (χ3v) is 3.05. The molecule has 2 saturated heterocycles. The van der Waals surface area contributed by atoms with Crippen molar-refractivity contribution in [3.05, 3.63) is 48.6 Å². The Bertz CT molecular complexity index is 335. The van der Waals surface area contributed by atoms with Crippen LogP contribution in [-0.2, 0) is 9.47 Å². The monoisotopic (exact) mass is 190 g/mol. The summed E-state index contributed by atoms with van der Waals surface area (Å²) >= 11 is 0. The third kappa shape index (κ3) is 0.825. The van der Waals surface area contributed by atoms with Crippen LogP contribution < -0.4 is 0 Å². The average molecular weight is 190 g/mol. The first-order chi connectivity index (χ1) is 6.54. The molecule has 0 saturated carbocycles. The largest absolute Gasteiger partial charge is 0.381 e. The van der Waals surface area contributed by atoms with Gasteiger partial charge in [0, 0.05) is 7.11 Å². The highest BCUT2D eigenvalue weighted by Gasteiger charge is 2.56. The quantitative estimate of drug-likeness (QED) is 0.663. The Morgan fingerprint density at radius 1 is 1.21 bits per heavy atom. The van der Waals surface area contributed by atoms with Gasteiger partial charge in [0.1, 0.15) is 11.7 Å². The lowest BCUT2D eigenvalue weighted by Gasteiger charge is -2.28. The number of hydrogen-bond donors (Lipinski definition) is 0. The summed E-state index contributed by atoms with van der Waals surface area (Å²) in [5.41, 5.74) is 2.97. The molecule has 2 aliphatic rings. The second kappa shape index (κ2) is 2.69. The van der Waals surface area contributed by atoms with Crippen LogP contribution in [0.3, 0.4) is 0 Å². The lowest BCUT2D eigenvalue weighted by Crippen LogP contribution is -2.34. The molecule has 2 heteroatoms. The highest BCUT2D eigenvalue weighted by molar-refractivity contribution is 5.64. The van der Waals surface area contributed by atoms with E-state index in [9.17, 15) is 0 Å². The Hall–Kier alpha value is -1.12. The minimum Gasteiger partial charge on any atom is -0.381 e. The molecule has 0 atom stereocenters. The summed E-state index contributed by atoms with van der Waals surface area (Å²) in [4.78, 5) is 0. The lowest BCUT2D eigenvalue weighted by atomic mass is 9.76. The summed E-state index contributed by atoms with van der Waals surface area (Å²) in [6, 6.07) is 0. The Balaban J connectivity index is 2.49. The average Bonchev–Trinajstić information content (AvgIpc) is 2.54. The van der Waals surface area contributed by atoms with E-state index in [1.807, 2.05) is 0 Å². The van der Waals surface area contributed by atoms with Gasteiger partial charge in [-0.1, -0.05) is 26.3 Å². The van der Waals surface area contributed by atoms with Crippen LogP contribution in [0.5, 0.6) is 0 Å². The van der Waals surface area contributed by atoms with Crippen molar-refractivity contribution < 1.29 is 9.47 Å². The highest BCUT2D eigenvalue weighted by atomic mass is 16.6. The fraction of sp³-hybridized carbons (Fsp3) is 0.333. The van der Waals surface area contributed by atoms with Crippen LogP contribution in [0, 0.1) is 0 Å². The van der Waals surface area contributed by atoms with Crippen molar-refractivity contribution in [2.75, 3.05) is 13.7 Å². The molecule has 0 radical (unpaired) electrons. The van der Waals surface area contributed by atoms with Gasteiger partial charge in [0.2, 0.25) is 0 Å². The maximum Gasteiger partial charge on any atom is 0.142 e. The molecule has 74 valence electrons. The molecule has 0 amide bonds. The van der Waals surface area contributed by atoms with E-state index < -0.39 is 5.60 Å². The summed E-state index contributed by atoms with van der Waals surface area (Å²) in [6.07, 6.45) is -0.134. The SMILES string of the molecule is C=C1C(=C)C2(COC)OC1C(=C)C2=C. The van der Waals surface area contributed by atoms with Crippen molar-refractivity contribution in [1.29, 1.82) is 0 Å². The number of methoxy groups -OCH3 is 1. The van der Waals surface area contributed by atoms with Crippen LogP contribution >= 0.6 is 0 Å². The fourth-order valence-corrected chi connectivity index (χ4v) is 2.12. The van der Waals surface area contributed by atoms with E-state index in [-0.39, 0.29) is 6.10 Å². The van der Waals surface area contributed by atoms with Gasteiger partial charge < -0.3 is 9.47 Å². The second-order valence-corrected chi connectivity index (χ2v) is 3.77. The van der Waals surface area contributed by atoms with Crippen LogP contribution in [0.1, 0.15) is 0 Å². The van der Waals surface area contributed by atoms with E-state index in [2.05, 4.69) is 26.3 Å². The summed E-state index contributed by atoms with van der Waals surface area (Å²) in [5, 5.41) is 0. The molecule has 2 rings (SSSR count). The minimum atomic E-state index is -0.590. The van der Waals surface area contributed by atoms with Crippen molar-refractivity contribution in [2.45, 2.75) is 11.7 Å². The lowest BCUT2D eigenvalue weighted by molar-refractivity contribution is -0.00479. The highest BCUT2D eigenvalue weighted by Crippen LogP contribution is 2.54. The molecule has 0 spiro atoms. The van der Waals surface area contributed by atoms with Gasteiger partial charge in [-0.3, -0.25) is 0 Å². The molecule has 0 unspecified atom stereocenters. The first-order valence-electron chi connectivity index (χ1n) is 4.48. The van der Waals surface area contributed by atoms with Gasteiger partial charge in [-0.2, -0.15) is 0 Å². The summed E-state index contributed by atoms with van der Waals surface area (Å²) in [5.74, 6) is 0. The summed E-state index contributed by atoms with van der Waals surface area (Å²) in [7, 11) is 1.63. The Morgan fingerprint density at radius 3 is 2.14 bits per heavy atom. The Morgan fingerprint density at radius 2 is 1.71 bits per heavy atom. The van der Waals surface area contributed by atoms with Gasteiger partial charge in [-0.05, 0) is 22.3 Å². The number of rotatable bonds is 2. The zero-order chi connectivity index (χ0) is 10.5. The van der Waals surface area contributed by atoms with E-state index in [1.165, 1.54) is 0 Å². The van der Waals surface area contributed by atoms with Crippen molar-refractivity contribution >= 4 is 0 Å². The second-order valence-electron chi connectivity index (χ2n) is 3.77. The normalized spacial score (nSPS) is 35.9. The molecule has 0 aromatic heterocycles. The smallest absolute Gasteiger partial charge is 0.142 e. The number of fused-ring (bicyclic) bond motifs is 2. The van der Waals surface area contributed by atoms with Crippen LogP contribution in [0.2, 0.25) is 0 Å². The van der Waals surface area contributed by atoms with Crippen molar-refractivity contribution in [2.24, 2.45) is 0 Å². The van der Waals surface area contributed by atoms with E-state index in [1.54, 1.807) is 7.11 Å². The zero-order valence-corrected chi connectivity index (χ0v) is 8.43. The molecule has 0 aliphatic carbocycles. The van der Waals surface area contributed by atoms with Gasteiger partial charge in [-0.15, -0.1) is 0 Å². The standard InChI is InChI=1S/C12H14O2/c1-7-9(3)12(6-13-5)10(4)8(2)11(7)14-12/h11H,1-4,6H2,5H3. The van der Waals surface area contributed by atoms with E-state index in [0.717, 1.165) is 22.3 Å². The zero-order valence-electron chi connectivity index (χ0n) is 8.43. The van der Waals surface area contributed by atoms with Gasteiger partial charge in [0.25, 0.3) is 0 Å². The van der Waals surface area contributed by atoms with Gasteiger partial charge in [0.15, 0.2) is 0 Å². The molecule has 2 nitrogen and oxygen atoms in total. The predicted octanol–water partition coefficient (Wildman–Crippen LogP) is 2.01. The molecule has 2 aliphatic heterocycles. The fourth-order valence-electron chi connectivity index (χ4n) is 2.12. The van der Waals surface area contributed by atoms with Gasteiger partial charge in [0.05, 0.1) is 6.61 Å². The molecule has 0 aromatic carbocycles. The molecule has 14 heavy (non-hydrogen) atoms. The molecular formula is C12H14O2. The first-order valence-corrected chi connectivity index (χ1v) is 4.48. The van der Waals surface area contributed by atoms with Crippen LogP contribution in [0.4, 0.5) is 0 Å². The molecule has 2 heterocycles. The van der Waals surface area contributed by atoms with Crippen molar-refractivity contribution in [3.8, 4) is 0 Å². The number of hydrogen-bond acceptors (Lipinski definition) is 2. The van der Waals surface area contributed by atoms with Crippen LogP contribution in [0.15, 0.2) is 48.6 Å². The van der Waals surface area contributed by atoms with E-state index in [0.29, 0.717) is 6.61 Å². The molecule has 0 N–H and O–H groups in total. The first kappa shape index (κ1) is 9.44. The van der Waals surface area contributed by atoms with Crippen LogP contribution in [0.25, 0.3) is 0 Å². The van der Waals surface area contributed by atoms with Crippen molar-refractivity contribution in [1.82, 2.24) is 0 Å². The minimum absolute atomic E-state index is 0.134. The van der Waals surface area contributed by atoms with E-state index in [4.69, 9.17) is 9.47 Å².